The van der Waals surface area contributed by atoms with Crippen molar-refractivity contribution < 1.29 is 18.3 Å². The molecule has 0 radical (unpaired) electrons. The van der Waals surface area contributed by atoms with Crippen LogP contribution in [0.5, 0.6) is 17.2 Å². The lowest BCUT2D eigenvalue weighted by molar-refractivity contribution is 0.337. The van der Waals surface area contributed by atoms with Crippen LogP contribution in [0.15, 0.2) is 36.4 Å². The topological polar surface area (TPSA) is 18.5 Å². The number of rotatable bonds is 5. The van der Waals surface area contributed by atoms with E-state index in [4.69, 9.17) is 9.47 Å². The van der Waals surface area contributed by atoms with Gasteiger partial charge in [0.05, 0.1) is 6.61 Å². The van der Waals surface area contributed by atoms with Crippen LogP contribution in [0.1, 0.15) is 12.5 Å². The van der Waals surface area contributed by atoms with E-state index in [0.29, 0.717) is 29.0 Å². The summed E-state index contributed by atoms with van der Waals surface area (Å²) >= 11 is 3.15. The Kier molecular flexibility index (Phi) is 4.95. The first kappa shape index (κ1) is 14.8. The van der Waals surface area contributed by atoms with Crippen molar-refractivity contribution >= 4 is 15.9 Å². The predicted molar refractivity (Wildman–Crippen MR) is 76.7 cm³/mol. The molecule has 0 unspecified atom stereocenters. The zero-order valence-corrected chi connectivity index (χ0v) is 12.4. The molecule has 20 heavy (non-hydrogen) atoms. The Morgan fingerprint density at radius 1 is 1.05 bits per heavy atom. The molecule has 0 N–H and O–H groups in total. The standard InChI is InChI=1S/C15H13BrF2O2/c1-2-19-11-4-3-5-12(8-11)20-15-13(17)6-10(9-16)7-14(15)18/h3-8H,2,9H2,1H3. The van der Waals surface area contributed by atoms with Crippen molar-refractivity contribution in [3.05, 3.63) is 53.6 Å². The minimum absolute atomic E-state index is 0.320. The minimum Gasteiger partial charge on any atom is -0.494 e. The number of hydrogen-bond donors (Lipinski definition) is 0. The van der Waals surface area contributed by atoms with Crippen LogP contribution < -0.4 is 9.47 Å². The molecule has 0 bridgehead atoms. The lowest BCUT2D eigenvalue weighted by atomic mass is 10.2. The van der Waals surface area contributed by atoms with E-state index in [1.807, 2.05) is 6.92 Å². The first-order valence-electron chi connectivity index (χ1n) is 6.08. The normalized spacial score (nSPS) is 10.4. The third kappa shape index (κ3) is 3.48. The second-order valence-electron chi connectivity index (χ2n) is 4.03. The Morgan fingerprint density at radius 2 is 1.70 bits per heavy atom. The monoisotopic (exact) mass is 342 g/mol. The SMILES string of the molecule is CCOc1cccc(Oc2c(F)cc(CBr)cc2F)c1. The Labute approximate surface area is 124 Å². The maximum atomic E-state index is 13.8. The van der Waals surface area contributed by atoms with Gasteiger partial charge >= 0.3 is 0 Å². The van der Waals surface area contributed by atoms with Crippen LogP contribution in [0.25, 0.3) is 0 Å². The maximum absolute atomic E-state index is 13.8. The molecule has 0 aliphatic carbocycles. The fourth-order valence-corrected chi connectivity index (χ4v) is 2.02. The summed E-state index contributed by atoms with van der Waals surface area (Å²) in [5.74, 6) is -0.978. The zero-order valence-electron chi connectivity index (χ0n) is 10.8. The van der Waals surface area contributed by atoms with E-state index in [0.717, 1.165) is 0 Å². The summed E-state index contributed by atoms with van der Waals surface area (Å²) in [5, 5.41) is 0.376. The quantitative estimate of drug-likeness (QED) is 0.708. The molecule has 5 heteroatoms. The molecule has 0 saturated heterocycles. The summed E-state index contributed by atoms with van der Waals surface area (Å²) in [6, 6.07) is 9.11. The second-order valence-corrected chi connectivity index (χ2v) is 4.59. The van der Waals surface area contributed by atoms with Gasteiger partial charge in [0.15, 0.2) is 17.4 Å². The summed E-state index contributed by atoms with van der Waals surface area (Å²) in [6.07, 6.45) is 0. The van der Waals surface area contributed by atoms with Crippen LogP contribution in [0.4, 0.5) is 8.78 Å². The number of hydrogen-bond acceptors (Lipinski definition) is 2. The second kappa shape index (κ2) is 6.70. The van der Waals surface area contributed by atoms with Crippen molar-refractivity contribution in [2.45, 2.75) is 12.3 Å². The van der Waals surface area contributed by atoms with Gasteiger partial charge in [-0.15, -0.1) is 0 Å². The van der Waals surface area contributed by atoms with Crippen molar-refractivity contribution in [2.24, 2.45) is 0 Å². The van der Waals surface area contributed by atoms with Gasteiger partial charge in [0.25, 0.3) is 0 Å². The molecule has 0 spiro atoms. The first-order chi connectivity index (χ1) is 9.63. The van der Waals surface area contributed by atoms with Gasteiger partial charge in [0.1, 0.15) is 11.5 Å². The minimum atomic E-state index is -0.735. The number of halogens is 3. The van der Waals surface area contributed by atoms with Crippen LogP contribution >= 0.6 is 15.9 Å². The average molecular weight is 343 g/mol. The highest BCUT2D eigenvalue weighted by molar-refractivity contribution is 9.08. The summed E-state index contributed by atoms with van der Waals surface area (Å²) < 4.78 is 38.2. The van der Waals surface area contributed by atoms with Gasteiger partial charge in [-0.3, -0.25) is 0 Å². The molecule has 0 saturated carbocycles. The van der Waals surface area contributed by atoms with Crippen molar-refractivity contribution in [1.29, 1.82) is 0 Å². The Balaban J connectivity index is 2.28. The highest BCUT2D eigenvalue weighted by atomic mass is 79.9. The van der Waals surface area contributed by atoms with Crippen molar-refractivity contribution in [1.82, 2.24) is 0 Å². The van der Waals surface area contributed by atoms with Gasteiger partial charge < -0.3 is 9.47 Å². The largest absolute Gasteiger partial charge is 0.494 e. The molecule has 0 heterocycles. The number of ether oxygens (including phenoxy) is 2. The van der Waals surface area contributed by atoms with Crippen molar-refractivity contribution in [3.63, 3.8) is 0 Å². The third-order valence-corrected chi connectivity index (χ3v) is 3.20. The number of alkyl halides is 1. The fraction of sp³-hybridized carbons (Fsp3) is 0.200. The highest BCUT2D eigenvalue weighted by Gasteiger charge is 2.13. The third-order valence-electron chi connectivity index (χ3n) is 2.55. The summed E-state index contributed by atoms with van der Waals surface area (Å²) in [6.45, 7) is 2.36. The lowest BCUT2D eigenvalue weighted by Gasteiger charge is -2.10. The fourth-order valence-electron chi connectivity index (χ4n) is 1.70. The molecule has 0 fully saturated rings. The van der Waals surface area contributed by atoms with E-state index in [2.05, 4.69) is 15.9 Å². The summed E-state index contributed by atoms with van der Waals surface area (Å²) in [4.78, 5) is 0. The predicted octanol–water partition coefficient (Wildman–Crippen LogP) is 5.05. The number of benzene rings is 2. The molecular weight excluding hydrogens is 330 g/mol. The smallest absolute Gasteiger partial charge is 0.198 e. The molecule has 0 amide bonds. The molecule has 0 aromatic heterocycles. The Bertz CT molecular complexity index is 579. The summed E-state index contributed by atoms with van der Waals surface area (Å²) in [7, 11) is 0. The van der Waals surface area contributed by atoms with E-state index in [9.17, 15) is 8.78 Å². The molecule has 2 nitrogen and oxygen atoms in total. The van der Waals surface area contributed by atoms with Crippen LogP contribution in [0.2, 0.25) is 0 Å². The first-order valence-corrected chi connectivity index (χ1v) is 7.20. The van der Waals surface area contributed by atoms with Gasteiger partial charge in [0, 0.05) is 11.4 Å². The van der Waals surface area contributed by atoms with E-state index in [1.54, 1.807) is 24.3 Å². The average Bonchev–Trinajstić information content (AvgIpc) is 2.43. The Morgan fingerprint density at radius 3 is 2.30 bits per heavy atom. The van der Waals surface area contributed by atoms with Gasteiger partial charge in [-0.1, -0.05) is 22.0 Å². The van der Waals surface area contributed by atoms with E-state index >= 15 is 0 Å². The lowest BCUT2D eigenvalue weighted by Crippen LogP contribution is -1.96. The molecule has 0 aliphatic rings. The van der Waals surface area contributed by atoms with E-state index in [1.165, 1.54) is 12.1 Å². The van der Waals surface area contributed by atoms with Crippen molar-refractivity contribution in [2.75, 3.05) is 6.61 Å². The molecule has 106 valence electrons. The van der Waals surface area contributed by atoms with Gasteiger partial charge in [-0.05, 0) is 36.8 Å². The van der Waals surface area contributed by atoms with Crippen LogP contribution in [-0.2, 0) is 5.33 Å². The van der Waals surface area contributed by atoms with E-state index < -0.39 is 17.4 Å². The van der Waals surface area contributed by atoms with Gasteiger partial charge in [0.2, 0.25) is 0 Å². The van der Waals surface area contributed by atoms with Crippen LogP contribution in [0, 0.1) is 11.6 Å². The molecule has 2 aromatic rings. The zero-order chi connectivity index (χ0) is 14.5. The summed E-state index contributed by atoms with van der Waals surface area (Å²) in [5.41, 5.74) is 0.510. The Hall–Kier alpha value is -1.62. The molecule has 0 atom stereocenters. The van der Waals surface area contributed by atoms with Gasteiger partial charge in [-0.2, -0.15) is 0 Å². The molecule has 2 aromatic carbocycles. The van der Waals surface area contributed by atoms with Crippen LogP contribution in [-0.4, -0.2) is 6.61 Å². The maximum Gasteiger partial charge on any atom is 0.198 e. The molecule has 2 rings (SSSR count). The van der Waals surface area contributed by atoms with Gasteiger partial charge in [-0.25, -0.2) is 8.78 Å². The van der Waals surface area contributed by atoms with E-state index in [-0.39, 0.29) is 0 Å². The van der Waals surface area contributed by atoms with Crippen LogP contribution in [0.3, 0.4) is 0 Å². The molecular formula is C15H13BrF2O2. The highest BCUT2D eigenvalue weighted by Crippen LogP contribution is 2.30. The van der Waals surface area contributed by atoms with Crippen molar-refractivity contribution in [3.8, 4) is 17.2 Å². The molecule has 0 aliphatic heterocycles.